The first-order chi connectivity index (χ1) is 7.52. The molecule has 1 aromatic rings. The topological polar surface area (TPSA) is 20.3 Å². The number of nitrogens with zero attached hydrogens (tertiary/aromatic N) is 1. The molecule has 2 heteroatoms. The average molecular weight is 217 g/mol. The number of hydrogen-bond donors (Lipinski definition) is 0. The van der Waals surface area contributed by atoms with Crippen LogP contribution in [0.25, 0.3) is 0 Å². The van der Waals surface area contributed by atoms with Gasteiger partial charge in [-0.15, -0.1) is 0 Å². The van der Waals surface area contributed by atoms with E-state index in [0.29, 0.717) is 6.04 Å². The van der Waals surface area contributed by atoms with Crippen LogP contribution in [0.1, 0.15) is 33.3 Å². The highest BCUT2D eigenvalue weighted by Gasteiger charge is 2.45. The Morgan fingerprint density at radius 2 is 2.00 bits per heavy atom. The molecule has 0 spiro atoms. The van der Waals surface area contributed by atoms with Crippen molar-refractivity contribution in [2.24, 2.45) is 0 Å². The van der Waals surface area contributed by atoms with E-state index in [9.17, 15) is 4.79 Å². The molecule has 0 saturated heterocycles. The van der Waals surface area contributed by atoms with E-state index in [4.69, 9.17) is 0 Å². The van der Waals surface area contributed by atoms with Crippen molar-refractivity contribution in [1.82, 2.24) is 0 Å². The summed E-state index contributed by atoms with van der Waals surface area (Å²) in [5, 5.41) is 0. The molecule has 2 atom stereocenters. The number of aldehydes is 1. The molecule has 0 amide bonds. The lowest BCUT2D eigenvalue weighted by atomic mass is 9.80. The Balaban J connectivity index is 2.62. The van der Waals surface area contributed by atoms with E-state index < -0.39 is 0 Å². The van der Waals surface area contributed by atoms with Crippen LogP contribution in [-0.2, 0) is 10.2 Å². The lowest BCUT2D eigenvalue weighted by molar-refractivity contribution is -0.112. The summed E-state index contributed by atoms with van der Waals surface area (Å²) >= 11 is 0. The van der Waals surface area contributed by atoms with Gasteiger partial charge in [-0.05, 0) is 39.3 Å². The zero-order valence-electron chi connectivity index (χ0n) is 10.4. The van der Waals surface area contributed by atoms with Crippen LogP contribution in [-0.4, -0.2) is 18.4 Å². The minimum Gasteiger partial charge on any atom is -0.365 e. The molecule has 1 aliphatic rings. The van der Waals surface area contributed by atoms with Crippen LogP contribution in [0.15, 0.2) is 24.3 Å². The summed E-state index contributed by atoms with van der Waals surface area (Å²) in [6.45, 7) is 8.51. The summed E-state index contributed by atoms with van der Waals surface area (Å²) in [6, 6.07) is 8.87. The van der Waals surface area contributed by atoms with Crippen molar-refractivity contribution in [2.75, 3.05) is 4.90 Å². The summed E-state index contributed by atoms with van der Waals surface area (Å²) in [7, 11) is 0. The van der Waals surface area contributed by atoms with Crippen LogP contribution in [0.4, 0.5) is 5.69 Å². The van der Waals surface area contributed by atoms with Gasteiger partial charge in [0.05, 0.1) is 5.41 Å². The fourth-order valence-electron chi connectivity index (χ4n) is 2.76. The molecule has 1 heterocycles. The summed E-state index contributed by atoms with van der Waals surface area (Å²) < 4.78 is 0. The SMILES string of the molecule is CC(C)N1c2ccccc2C(C)(C=O)C1C. The first-order valence-corrected chi connectivity index (χ1v) is 5.86. The predicted molar refractivity (Wildman–Crippen MR) is 66.9 cm³/mol. The summed E-state index contributed by atoms with van der Waals surface area (Å²) in [5.74, 6) is 0. The minimum absolute atomic E-state index is 0.224. The van der Waals surface area contributed by atoms with E-state index in [1.165, 1.54) is 5.69 Å². The Labute approximate surface area is 97.3 Å². The molecule has 1 aliphatic heterocycles. The van der Waals surface area contributed by atoms with Crippen LogP contribution in [0.3, 0.4) is 0 Å². The monoisotopic (exact) mass is 217 g/mol. The first kappa shape index (κ1) is 11.2. The van der Waals surface area contributed by atoms with Gasteiger partial charge in [0, 0.05) is 17.8 Å². The van der Waals surface area contributed by atoms with Gasteiger partial charge in [0.25, 0.3) is 0 Å². The van der Waals surface area contributed by atoms with Crippen molar-refractivity contribution in [2.45, 2.75) is 45.2 Å². The maximum atomic E-state index is 11.4. The molecule has 2 unspecified atom stereocenters. The van der Waals surface area contributed by atoms with Crippen molar-refractivity contribution in [3.63, 3.8) is 0 Å². The number of anilines is 1. The van der Waals surface area contributed by atoms with E-state index in [1.54, 1.807) is 0 Å². The third-order valence-electron chi connectivity index (χ3n) is 3.85. The largest absolute Gasteiger partial charge is 0.365 e. The van der Waals surface area contributed by atoms with Gasteiger partial charge in [-0.1, -0.05) is 18.2 Å². The standard InChI is InChI=1S/C14H19NO/c1-10(2)15-11(3)14(4,9-16)12-7-5-6-8-13(12)15/h5-11H,1-4H3. The normalized spacial score (nSPS) is 28.3. The summed E-state index contributed by atoms with van der Waals surface area (Å²) in [6.07, 6.45) is 1.10. The van der Waals surface area contributed by atoms with E-state index >= 15 is 0 Å². The molecule has 2 rings (SSSR count). The number of para-hydroxylation sites is 1. The minimum atomic E-state index is -0.374. The van der Waals surface area contributed by atoms with Crippen molar-refractivity contribution in [3.05, 3.63) is 29.8 Å². The van der Waals surface area contributed by atoms with E-state index in [0.717, 1.165) is 11.8 Å². The van der Waals surface area contributed by atoms with Gasteiger partial charge in [0.1, 0.15) is 6.29 Å². The number of carbonyl (C=O) groups is 1. The molecule has 0 N–H and O–H groups in total. The molecule has 0 aromatic heterocycles. The number of benzene rings is 1. The lowest BCUT2D eigenvalue weighted by Crippen LogP contribution is -2.45. The Morgan fingerprint density at radius 1 is 1.38 bits per heavy atom. The van der Waals surface area contributed by atoms with Gasteiger partial charge in [-0.3, -0.25) is 0 Å². The number of rotatable bonds is 2. The van der Waals surface area contributed by atoms with Gasteiger partial charge < -0.3 is 9.69 Å². The molecular weight excluding hydrogens is 198 g/mol. The van der Waals surface area contributed by atoms with E-state index in [-0.39, 0.29) is 11.5 Å². The smallest absolute Gasteiger partial charge is 0.132 e. The fraction of sp³-hybridized carbons (Fsp3) is 0.500. The van der Waals surface area contributed by atoms with Crippen LogP contribution >= 0.6 is 0 Å². The highest BCUT2D eigenvalue weighted by atomic mass is 16.1. The molecule has 86 valence electrons. The molecule has 0 radical (unpaired) electrons. The Morgan fingerprint density at radius 3 is 2.56 bits per heavy atom. The van der Waals surface area contributed by atoms with Crippen LogP contribution in [0, 0.1) is 0 Å². The number of hydrogen-bond acceptors (Lipinski definition) is 2. The first-order valence-electron chi connectivity index (χ1n) is 5.86. The summed E-state index contributed by atoms with van der Waals surface area (Å²) in [4.78, 5) is 13.8. The van der Waals surface area contributed by atoms with Crippen molar-refractivity contribution < 1.29 is 4.79 Å². The highest BCUT2D eigenvalue weighted by Crippen LogP contribution is 2.44. The van der Waals surface area contributed by atoms with Gasteiger partial charge in [-0.25, -0.2) is 0 Å². The van der Waals surface area contributed by atoms with Gasteiger partial charge in [-0.2, -0.15) is 0 Å². The maximum Gasteiger partial charge on any atom is 0.132 e. The average Bonchev–Trinajstić information content (AvgIpc) is 2.50. The third kappa shape index (κ3) is 1.29. The zero-order valence-corrected chi connectivity index (χ0v) is 10.4. The van der Waals surface area contributed by atoms with Gasteiger partial charge >= 0.3 is 0 Å². The van der Waals surface area contributed by atoms with E-state index in [2.05, 4.69) is 37.8 Å². The molecule has 1 aromatic carbocycles. The van der Waals surface area contributed by atoms with Gasteiger partial charge in [0.15, 0.2) is 0 Å². The van der Waals surface area contributed by atoms with Crippen LogP contribution in [0.2, 0.25) is 0 Å². The fourth-order valence-corrected chi connectivity index (χ4v) is 2.76. The molecule has 0 bridgehead atoms. The quantitative estimate of drug-likeness (QED) is 0.710. The van der Waals surface area contributed by atoms with Crippen LogP contribution < -0.4 is 4.90 Å². The summed E-state index contributed by atoms with van der Waals surface area (Å²) in [5.41, 5.74) is 1.99. The maximum absolute atomic E-state index is 11.4. The Hall–Kier alpha value is -1.31. The zero-order chi connectivity index (χ0) is 11.9. The second-order valence-electron chi connectivity index (χ2n) is 5.09. The Kier molecular flexibility index (Phi) is 2.53. The van der Waals surface area contributed by atoms with Crippen molar-refractivity contribution in [1.29, 1.82) is 0 Å². The number of fused-ring (bicyclic) bond motifs is 1. The third-order valence-corrected chi connectivity index (χ3v) is 3.85. The van der Waals surface area contributed by atoms with Crippen molar-refractivity contribution >= 4 is 12.0 Å². The molecule has 2 nitrogen and oxygen atoms in total. The molecular formula is C14H19NO. The predicted octanol–water partition coefficient (Wildman–Crippen LogP) is 2.76. The molecule has 0 aliphatic carbocycles. The Bertz CT molecular complexity index is 413. The molecule has 0 fully saturated rings. The second-order valence-corrected chi connectivity index (χ2v) is 5.09. The number of carbonyl (C=O) groups excluding carboxylic acids is 1. The highest BCUT2D eigenvalue weighted by molar-refractivity contribution is 5.80. The molecule has 0 saturated carbocycles. The second kappa shape index (κ2) is 3.62. The lowest BCUT2D eigenvalue weighted by Gasteiger charge is -2.33. The molecule has 16 heavy (non-hydrogen) atoms. The van der Waals surface area contributed by atoms with E-state index in [1.807, 2.05) is 19.1 Å². The van der Waals surface area contributed by atoms with Gasteiger partial charge in [0.2, 0.25) is 0 Å². The van der Waals surface area contributed by atoms with Crippen LogP contribution in [0.5, 0.6) is 0 Å². The van der Waals surface area contributed by atoms with Crippen molar-refractivity contribution in [3.8, 4) is 0 Å².